The largest absolute Gasteiger partial charge is 0.338 e. The Morgan fingerprint density at radius 2 is 1.70 bits per heavy atom. The van der Waals surface area contributed by atoms with Gasteiger partial charge < -0.3 is 9.80 Å². The summed E-state index contributed by atoms with van der Waals surface area (Å²) in [5, 5.41) is 11.6. The first-order valence-corrected chi connectivity index (χ1v) is 14.3. The second kappa shape index (κ2) is 11.7. The molecule has 37 heavy (non-hydrogen) atoms. The summed E-state index contributed by atoms with van der Waals surface area (Å²) in [6.45, 7) is 3.68. The van der Waals surface area contributed by atoms with Crippen LogP contribution in [-0.4, -0.2) is 67.8 Å². The van der Waals surface area contributed by atoms with Crippen LogP contribution in [0.1, 0.15) is 18.9 Å². The van der Waals surface area contributed by atoms with Crippen molar-refractivity contribution in [1.29, 1.82) is 0 Å². The van der Waals surface area contributed by atoms with Crippen molar-refractivity contribution in [3.8, 4) is 16.4 Å². The van der Waals surface area contributed by atoms with Crippen LogP contribution in [0.5, 0.6) is 0 Å². The number of carbonyl (C=O) groups excluding carboxylic acids is 2. The molecule has 1 unspecified atom stereocenters. The van der Waals surface area contributed by atoms with Crippen LogP contribution in [0.15, 0.2) is 83.3 Å². The third-order valence-electron chi connectivity index (χ3n) is 6.48. The number of nitrogens with zero attached hydrogens (tertiary/aromatic N) is 5. The zero-order valence-corrected chi connectivity index (χ0v) is 22.3. The molecule has 1 aliphatic heterocycles. The van der Waals surface area contributed by atoms with Gasteiger partial charge in [0.05, 0.1) is 10.6 Å². The van der Waals surface area contributed by atoms with Crippen LogP contribution in [0.4, 0.5) is 0 Å². The minimum atomic E-state index is -0.00984. The Hall–Kier alpha value is -3.43. The standard InChI is InChI=1S/C28H29N5O2S2/c1-21-19-31(16-17-32(21)25(34)15-14-22-9-4-2-5-10-22)26(35)20-37-28-30-29-27(24-13-8-18-36-24)33(28)23-11-6-3-7-12-23/h2-13,18,21H,14-17,19-20H2,1H3. The summed E-state index contributed by atoms with van der Waals surface area (Å²) in [6, 6.07) is 24.0. The summed E-state index contributed by atoms with van der Waals surface area (Å²) in [6.07, 6.45) is 1.22. The minimum Gasteiger partial charge on any atom is -0.338 e. The van der Waals surface area contributed by atoms with Gasteiger partial charge in [0.15, 0.2) is 11.0 Å². The number of benzene rings is 2. The third kappa shape index (κ3) is 5.94. The highest BCUT2D eigenvalue weighted by Gasteiger charge is 2.30. The topological polar surface area (TPSA) is 71.3 Å². The third-order valence-corrected chi connectivity index (χ3v) is 8.26. The highest BCUT2D eigenvalue weighted by molar-refractivity contribution is 7.99. The molecule has 0 saturated carbocycles. The van der Waals surface area contributed by atoms with E-state index in [0.717, 1.165) is 22.8 Å². The molecular weight excluding hydrogens is 502 g/mol. The maximum atomic E-state index is 13.1. The fourth-order valence-corrected chi connectivity index (χ4v) is 6.10. The molecule has 7 nitrogen and oxygen atoms in total. The van der Waals surface area contributed by atoms with Crippen molar-refractivity contribution >= 4 is 34.9 Å². The number of thiophene rings is 1. The van der Waals surface area contributed by atoms with E-state index in [-0.39, 0.29) is 23.6 Å². The monoisotopic (exact) mass is 531 g/mol. The maximum absolute atomic E-state index is 13.1. The van der Waals surface area contributed by atoms with Crippen molar-refractivity contribution in [1.82, 2.24) is 24.6 Å². The molecule has 0 N–H and O–H groups in total. The molecule has 0 aliphatic carbocycles. The first-order valence-electron chi connectivity index (χ1n) is 12.4. The fraction of sp³-hybridized carbons (Fsp3) is 0.286. The zero-order chi connectivity index (χ0) is 25.6. The predicted octanol–water partition coefficient (Wildman–Crippen LogP) is 4.78. The van der Waals surface area contributed by atoms with Crippen molar-refractivity contribution in [2.24, 2.45) is 0 Å². The van der Waals surface area contributed by atoms with Gasteiger partial charge in [-0.1, -0.05) is 66.4 Å². The average molecular weight is 532 g/mol. The molecule has 3 heterocycles. The number of aromatic nitrogens is 3. The SMILES string of the molecule is CC1CN(C(=O)CSc2nnc(-c3cccs3)n2-c2ccccc2)CCN1C(=O)CCc1ccccc1. The van der Waals surface area contributed by atoms with Gasteiger partial charge in [0.1, 0.15) is 0 Å². The molecule has 2 amide bonds. The zero-order valence-electron chi connectivity index (χ0n) is 20.7. The number of carbonyl (C=O) groups is 2. The first kappa shape index (κ1) is 25.2. The van der Waals surface area contributed by atoms with Gasteiger partial charge in [-0.25, -0.2) is 0 Å². The maximum Gasteiger partial charge on any atom is 0.233 e. The normalized spacial score (nSPS) is 15.6. The molecule has 2 aromatic heterocycles. The van der Waals surface area contributed by atoms with Gasteiger partial charge in [-0.3, -0.25) is 14.2 Å². The summed E-state index contributed by atoms with van der Waals surface area (Å²) in [5.74, 6) is 1.24. The van der Waals surface area contributed by atoms with Gasteiger partial charge >= 0.3 is 0 Å². The number of amides is 2. The smallest absolute Gasteiger partial charge is 0.233 e. The van der Waals surface area contributed by atoms with E-state index in [1.54, 1.807) is 11.3 Å². The molecule has 2 aromatic carbocycles. The highest BCUT2D eigenvalue weighted by Crippen LogP contribution is 2.30. The molecule has 0 spiro atoms. The Morgan fingerprint density at radius 3 is 2.41 bits per heavy atom. The molecule has 190 valence electrons. The number of aryl methyl sites for hydroxylation is 1. The number of para-hydroxylation sites is 1. The number of thioether (sulfide) groups is 1. The Balaban J connectivity index is 1.19. The van der Waals surface area contributed by atoms with E-state index in [1.165, 1.54) is 17.3 Å². The summed E-state index contributed by atoms with van der Waals surface area (Å²) >= 11 is 3.01. The van der Waals surface area contributed by atoms with Gasteiger partial charge in [-0.2, -0.15) is 0 Å². The number of rotatable bonds is 8. The molecule has 1 atom stereocenters. The Morgan fingerprint density at radius 1 is 0.946 bits per heavy atom. The Kier molecular flexibility index (Phi) is 8.01. The summed E-state index contributed by atoms with van der Waals surface area (Å²) in [7, 11) is 0. The highest BCUT2D eigenvalue weighted by atomic mass is 32.2. The van der Waals surface area contributed by atoms with Gasteiger partial charge in [-0.05, 0) is 42.5 Å². The Bertz CT molecular complexity index is 1330. The van der Waals surface area contributed by atoms with Crippen molar-refractivity contribution in [3.05, 3.63) is 83.7 Å². The second-order valence-electron chi connectivity index (χ2n) is 9.00. The quantitative estimate of drug-likeness (QED) is 0.306. The van der Waals surface area contributed by atoms with E-state index >= 15 is 0 Å². The average Bonchev–Trinajstić information content (AvgIpc) is 3.61. The van der Waals surface area contributed by atoms with Gasteiger partial charge in [0.25, 0.3) is 0 Å². The first-order chi connectivity index (χ1) is 18.1. The second-order valence-corrected chi connectivity index (χ2v) is 10.9. The minimum absolute atomic E-state index is 0.00984. The lowest BCUT2D eigenvalue weighted by Crippen LogP contribution is -2.55. The number of hydrogen-bond donors (Lipinski definition) is 0. The van der Waals surface area contributed by atoms with Crippen molar-refractivity contribution in [2.45, 2.75) is 31.0 Å². The van der Waals surface area contributed by atoms with E-state index in [4.69, 9.17) is 0 Å². The summed E-state index contributed by atoms with van der Waals surface area (Å²) in [5.41, 5.74) is 2.13. The molecular formula is C28H29N5O2S2. The molecule has 1 fully saturated rings. The van der Waals surface area contributed by atoms with Crippen LogP contribution >= 0.6 is 23.1 Å². The molecule has 4 aromatic rings. The van der Waals surface area contributed by atoms with Crippen LogP contribution in [0.25, 0.3) is 16.4 Å². The molecule has 9 heteroatoms. The van der Waals surface area contributed by atoms with Crippen LogP contribution in [-0.2, 0) is 16.0 Å². The summed E-state index contributed by atoms with van der Waals surface area (Å²) < 4.78 is 2.01. The van der Waals surface area contributed by atoms with E-state index in [2.05, 4.69) is 10.2 Å². The molecule has 1 aliphatic rings. The number of hydrogen-bond acceptors (Lipinski definition) is 6. The van der Waals surface area contributed by atoms with E-state index in [9.17, 15) is 9.59 Å². The number of piperazine rings is 1. The van der Waals surface area contributed by atoms with E-state index in [1.807, 2.05) is 99.5 Å². The van der Waals surface area contributed by atoms with Gasteiger partial charge in [0.2, 0.25) is 11.8 Å². The molecule has 0 radical (unpaired) electrons. The fourth-order valence-electron chi connectivity index (χ4n) is 4.55. The van der Waals surface area contributed by atoms with Crippen molar-refractivity contribution in [2.75, 3.05) is 25.4 Å². The van der Waals surface area contributed by atoms with Gasteiger partial charge in [-0.15, -0.1) is 21.5 Å². The van der Waals surface area contributed by atoms with E-state index in [0.29, 0.717) is 31.2 Å². The van der Waals surface area contributed by atoms with Crippen LogP contribution < -0.4 is 0 Å². The molecule has 0 bridgehead atoms. The van der Waals surface area contributed by atoms with Crippen LogP contribution in [0.3, 0.4) is 0 Å². The molecule has 1 saturated heterocycles. The lowest BCUT2D eigenvalue weighted by atomic mass is 10.1. The van der Waals surface area contributed by atoms with Crippen LogP contribution in [0, 0.1) is 0 Å². The van der Waals surface area contributed by atoms with Crippen molar-refractivity contribution in [3.63, 3.8) is 0 Å². The van der Waals surface area contributed by atoms with E-state index < -0.39 is 0 Å². The summed E-state index contributed by atoms with van der Waals surface area (Å²) in [4.78, 5) is 30.8. The van der Waals surface area contributed by atoms with Crippen LogP contribution in [0.2, 0.25) is 0 Å². The lowest BCUT2D eigenvalue weighted by molar-refractivity contribution is -0.141. The van der Waals surface area contributed by atoms with Gasteiger partial charge in [0, 0.05) is 37.8 Å². The Labute approximate surface area is 225 Å². The lowest BCUT2D eigenvalue weighted by Gasteiger charge is -2.40. The molecule has 5 rings (SSSR count). The predicted molar refractivity (Wildman–Crippen MR) is 148 cm³/mol. The van der Waals surface area contributed by atoms with Crippen molar-refractivity contribution < 1.29 is 9.59 Å².